The summed E-state index contributed by atoms with van der Waals surface area (Å²) in [5.74, 6) is 1.09. The zero-order chi connectivity index (χ0) is 14.3. The lowest BCUT2D eigenvalue weighted by atomic mass is 10.0. The molecule has 0 aliphatic carbocycles. The third kappa shape index (κ3) is 4.10. The monoisotopic (exact) mass is 263 g/mol. The maximum atomic E-state index is 12.1. The molecule has 0 heterocycles. The molecule has 0 saturated heterocycles. The minimum atomic E-state index is -0.565. The van der Waals surface area contributed by atoms with Crippen molar-refractivity contribution >= 4 is 5.78 Å². The third-order valence-electron chi connectivity index (χ3n) is 2.59. The number of ether oxygens (including phenoxy) is 2. The van der Waals surface area contributed by atoms with E-state index in [9.17, 15) is 4.79 Å². The van der Waals surface area contributed by atoms with Crippen molar-refractivity contribution in [1.29, 1.82) is 0 Å². The molecule has 0 amide bonds. The molecule has 1 rings (SSSR count). The Bertz CT molecular complexity index is 443. The fourth-order valence-corrected chi connectivity index (χ4v) is 1.71. The van der Waals surface area contributed by atoms with E-state index in [2.05, 4.69) is 6.58 Å². The maximum Gasteiger partial charge on any atom is 0.179 e. The quantitative estimate of drug-likeness (QED) is 0.578. The number of carbonyl (C=O) groups is 1. The molecule has 0 fully saturated rings. The van der Waals surface area contributed by atoms with E-state index in [1.807, 2.05) is 13.8 Å². The fraction of sp³-hybridized carbons (Fsp3) is 0.400. The summed E-state index contributed by atoms with van der Waals surface area (Å²) >= 11 is 0. The van der Waals surface area contributed by atoms with Crippen LogP contribution in [0.2, 0.25) is 0 Å². The Labute approximate surface area is 114 Å². The molecular formula is C15H21NO3. The van der Waals surface area contributed by atoms with Crippen LogP contribution in [0.5, 0.6) is 11.5 Å². The third-order valence-corrected chi connectivity index (χ3v) is 2.59. The second-order valence-electron chi connectivity index (χ2n) is 4.02. The molecule has 1 atom stereocenters. The Balaban J connectivity index is 2.99. The summed E-state index contributed by atoms with van der Waals surface area (Å²) < 4.78 is 10.9. The molecule has 0 bridgehead atoms. The standard InChI is InChI=1S/C15H21NO3/c1-4-7-12(16)15(17)11-8-9-13(18-5-2)14(10-11)19-6-3/h4,8-10,12H,1,5-7,16H2,2-3H3. The second-order valence-corrected chi connectivity index (χ2v) is 4.02. The molecule has 1 unspecified atom stereocenters. The number of Topliss-reactive ketones (excluding diaryl/α,β-unsaturated/α-hetero) is 1. The first-order valence-corrected chi connectivity index (χ1v) is 6.44. The van der Waals surface area contributed by atoms with Gasteiger partial charge >= 0.3 is 0 Å². The van der Waals surface area contributed by atoms with E-state index in [0.29, 0.717) is 36.7 Å². The van der Waals surface area contributed by atoms with Crippen LogP contribution in [0.4, 0.5) is 0 Å². The molecule has 0 aliphatic rings. The molecule has 0 aromatic heterocycles. The predicted octanol–water partition coefficient (Wildman–Crippen LogP) is 2.57. The van der Waals surface area contributed by atoms with E-state index in [0.717, 1.165) is 0 Å². The van der Waals surface area contributed by atoms with Gasteiger partial charge in [0.05, 0.1) is 19.3 Å². The highest BCUT2D eigenvalue weighted by Gasteiger charge is 2.16. The summed E-state index contributed by atoms with van der Waals surface area (Å²) in [5, 5.41) is 0. The van der Waals surface area contributed by atoms with Crippen LogP contribution >= 0.6 is 0 Å². The molecule has 4 heteroatoms. The van der Waals surface area contributed by atoms with Crippen LogP contribution in [0, 0.1) is 0 Å². The zero-order valence-electron chi connectivity index (χ0n) is 11.5. The van der Waals surface area contributed by atoms with Crippen LogP contribution < -0.4 is 15.2 Å². The van der Waals surface area contributed by atoms with Gasteiger partial charge in [0.25, 0.3) is 0 Å². The molecule has 2 N–H and O–H groups in total. The summed E-state index contributed by atoms with van der Waals surface area (Å²) in [7, 11) is 0. The molecule has 0 radical (unpaired) electrons. The van der Waals surface area contributed by atoms with E-state index in [1.54, 1.807) is 24.3 Å². The zero-order valence-corrected chi connectivity index (χ0v) is 11.5. The topological polar surface area (TPSA) is 61.6 Å². The van der Waals surface area contributed by atoms with Crippen molar-refractivity contribution < 1.29 is 14.3 Å². The lowest BCUT2D eigenvalue weighted by Gasteiger charge is -2.13. The number of ketones is 1. The Kier molecular flexibility index (Phi) is 6.09. The highest BCUT2D eigenvalue weighted by atomic mass is 16.5. The minimum absolute atomic E-state index is 0.121. The van der Waals surface area contributed by atoms with Crippen LogP contribution in [-0.4, -0.2) is 25.0 Å². The minimum Gasteiger partial charge on any atom is -0.490 e. The lowest BCUT2D eigenvalue weighted by Crippen LogP contribution is -2.29. The van der Waals surface area contributed by atoms with Crippen molar-refractivity contribution in [2.45, 2.75) is 26.3 Å². The molecule has 4 nitrogen and oxygen atoms in total. The van der Waals surface area contributed by atoms with Crippen molar-refractivity contribution in [3.8, 4) is 11.5 Å². The molecule has 0 aliphatic heterocycles. The number of hydrogen-bond acceptors (Lipinski definition) is 4. The van der Waals surface area contributed by atoms with Gasteiger partial charge in [-0.3, -0.25) is 4.79 Å². The van der Waals surface area contributed by atoms with E-state index < -0.39 is 6.04 Å². The summed E-state index contributed by atoms with van der Waals surface area (Å²) in [6.45, 7) is 8.42. The molecule has 104 valence electrons. The van der Waals surface area contributed by atoms with Gasteiger partial charge in [-0.2, -0.15) is 0 Å². The van der Waals surface area contributed by atoms with Gasteiger partial charge in [-0.25, -0.2) is 0 Å². The molecule has 0 spiro atoms. The Morgan fingerprint density at radius 2 is 1.95 bits per heavy atom. The van der Waals surface area contributed by atoms with Gasteiger partial charge in [-0.05, 0) is 38.5 Å². The van der Waals surface area contributed by atoms with Crippen molar-refractivity contribution in [2.24, 2.45) is 5.73 Å². The SMILES string of the molecule is C=CCC(N)C(=O)c1ccc(OCC)c(OCC)c1. The number of benzene rings is 1. The predicted molar refractivity (Wildman–Crippen MR) is 75.9 cm³/mol. The van der Waals surface area contributed by atoms with Gasteiger partial charge in [0.2, 0.25) is 0 Å². The van der Waals surface area contributed by atoms with Gasteiger partial charge < -0.3 is 15.2 Å². The number of hydrogen-bond donors (Lipinski definition) is 1. The van der Waals surface area contributed by atoms with Crippen molar-refractivity contribution in [3.05, 3.63) is 36.4 Å². The van der Waals surface area contributed by atoms with Gasteiger partial charge in [-0.1, -0.05) is 6.08 Å². The maximum absolute atomic E-state index is 12.1. The van der Waals surface area contributed by atoms with Crippen LogP contribution in [-0.2, 0) is 0 Å². The van der Waals surface area contributed by atoms with Crippen molar-refractivity contribution in [3.63, 3.8) is 0 Å². The van der Waals surface area contributed by atoms with Gasteiger partial charge in [0.1, 0.15) is 0 Å². The highest BCUT2D eigenvalue weighted by molar-refractivity contribution is 6.00. The van der Waals surface area contributed by atoms with Crippen molar-refractivity contribution in [1.82, 2.24) is 0 Å². The molecule has 0 saturated carbocycles. The molecule has 19 heavy (non-hydrogen) atoms. The first kappa shape index (κ1) is 15.2. The largest absolute Gasteiger partial charge is 0.490 e. The van der Waals surface area contributed by atoms with E-state index in [1.165, 1.54) is 0 Å². The average molecular weight is 263 g/mol. The lowest BCUT2D eigenvalue weighted by molar-refractivity contribution is 0.0961. The van der Waals surface area contributed by atoms with Gasteiger partial charge in [-0.15, -0.1) is 6.58 Å². The average Bonchev–Trinajstić information content (AvgIpc) is 2.40. The van der Waals surface area contributed by atoms with E-state index in [-0.39, 0.29) is 5.78 Å². The molecule has 1 aromatic carbocycles. The highest BCUT2D eigenvalue weighted by Crippen LogP contribution is 2.29. The number of carbonyl (C=O) groups excluding carboxylic acids is 1. The second kappa shape index (κ2) is 7.59. The molecule has 1 aromatic rings. The smallest absolute Gasteiger partial charge is 0.179 e. The van der Waals surface area contributed by atoms with Crippen LogP contribution in [0.15, 0.2) is 30.9 Å². The normalized spacial score (nSPS) is 11.7. The summed E-state index contributed by atoms with van der Waals surface area (Å²) in [6, 6.07) is 4.56. The van der Waals surface area contributed by atoms with E-state index >= 15 is 0 Å². The van der Waals surface area contributed by atoms with Crippen LogP contribution in [0.3, 0.4) is 0 Å². The Morgan fingerprint density at radius 1 is 1.32 bits per heavy atom. The first-order chi connectivity index (χ1) is 9.13. The first-order valence-electron chi connectivity index (χ1n) is 6.44. The number of nitrogens with two attached hydrogens (primary N) is 1. The summed E-state index contributed by atoms with van der Waals surface area (Å²) in [5.41, 5.74) is 6.32. The fourth-order valence-electron chi connectivity index (χ4n) is 1.71. The van der Waals surface area contributed by atoms with Gasteiger partial charge in [0, 0.05) is 5.56 Å². The number of rotatable bonds is 8. The summed E-state index contributed by atoms with van der Waals surface area (Å²) in [4.78, 5) is 12.1. The van der Waals surface area contributed by atoms with Crippen molar-refractivity contribution in [2.75, 3.05) is 13.2 Å². The molecular weight excluding hydrogens is 242 g/mol. The van der Waals surface area contributed by atoms with E-state index in [4.69, 9.17) is 15.2 Å². The van der Waals surface area contributed by atoms with Crippen LogP contribution in [0.25, 0.3) is 0 Å². The Morgan fingerprint density at radius 3 is 2.53 bits per heavy atom. The van der Waals surface area contributed by atoms with Gasteiger partial charge in [0.15, 0.2) is 17.3 Å². The summed E-state index contributed by atoms with van der Waals surface area (Å²) in [6.07, 6.45) is 2.09. The Hall–Kier alpha value is -1.81. The van der Waals surface area contributed by atoms with Crippen LogP contribution in [0.1, 0.15) is 30.6 Å².